The molecule has 0 unspecified atom stereocenters. The minimum Gasteiger partial charge on any atom is -0.268 e. The number of carbonyl (C=O) groups excluding carboxylic acids is 2. The molecule has 1 aromatic heterocycles. The third kappa shape index (κ3) is 2.53. The first-order valence-corrected chi connectivity index (χ1v) is 7.18. The molecule has 5 heteroatoms. The Labute approximate surface area is 133 Å². The predicted molar refractivity (Wildman–Crippen MR) is 83.7 cm³/mol. The minimum atomic E-state index is -0.479. The van der Waals surface area contributed by atoms with Gasteiger partial charge in [-0.2, -0.15) is 0 Å². The third-order valence-corrected chi connectivity index (χ3v) is 3.85. The Bertz CT molecular complexity index is 767. The lowest BCUT2D eigenvalue weighted by Crippen LogP contribution is -2.31. The maximum absolute atomic E-state index is 12.6. The number of hydrogen-bond acceptors (Lipinski definition) is 3. The van der Waals surface area contributed by atoms with E-state index in [0.29, 0.717) is 11.3 Å². The number of rotatable bonds is 3. The number of aromatic nitrogens is 1. The van der Waals surface area contributed by atoms with Gasteiger partial charge in [0.15, 0.2) is 0 Å². The molecule has 0 bridgehead atoms. The number of amides is 2. The summed E-state index contributed by atoms with van der Waals surface area (Å²) in [6.07, 6.45) is 1.62. The van der Waals surface area contributed by atoms with E-state index in [1.807, 2.05) is 25.1 Å². The first-order valence-electron chi connectivity index (χ1n) is 6.81. The zero-order valence-corrected chi connectivity index (χ0v) is 12.7. The lowest BCUT2D eigenvalue weighted by molar-refractivity contribution is -0.137. The number of halogens is 1. The maximum atomic E-state index is 12.6. The summed E-state index contributed by atoms with van der Waals surface area (Å²) in [7, 11) is 0. The fourth-order valence-electron chi connectivity index (χ4n) is 2.31. The highest BCUT2D eigenvalue weighted by Crippen LogP contribution is 2.32. The highest BCUT2D eigenvalue weighted by atomic mass is 35.5. The topological polar surface area (TPSA) is 50.3 Å². The van der Waals surface area contributed by atoms with E-state index in [9.17, 15) is 9.59 Å². The molecule has 110 valence electrons. The van der Waals surface area contributed by atoms with Crippen LogP contribution in [0.2, 0.25) is 0 Å². The molecule has 0 spiro atoms. The molecule has 1 aromatic carbocycles. The van der Waals surface area contributed by atoms with E-state index in [-0.39, 0.29) is 23.1 Å². The van der Waals surface area contributed by atoms with Gasteiger partial charge in [-0.3, -0.25) is 19.5 Å². The molecular weight excluding hydrogens is 300 g/mol. The Morgan fingerprint density at radius 1 is 1.05 bits per heavy atom. The number of carbonyl (C=O) groups is 2. The molecular formula is C17H13ClN2O2. The summed E-state index contributed by atoms with van der Waals surface area (Å²) in [5.74, 6) is -0.864. The number of benzene rings is 1. The molecule has 0 radical (unpaired) electrons. The van der Waals surface area contributed by atoms with Crippen molar-refractivity contribution in [2.45, 2.75) is 13.5 Å². The number of hydrogen-bond donors (Lipinski definition) is 0. The Kier molecular flexibility index (Phi) is 3.77. The fourth-order valence-corrected chi connectivity index (χ4v) is 2.61. The number of imide groups is 1. The van der Waals surface area contributed by atoms with Crippen molar-refractivity contribution in [2.75, 3.05) is 0 Å². The summed E-state index contributed by atoms with van der Waals surface area (Å²) in [6.45, 7) is 2.07. The van der Waals surface area contributed by atoms with Crippen molar-refractivity contribution in [3.05, 3.63) is 70.5 Å². The minimum absolute atomic E-state index is 0.0372. The van der Waals surface area contributed by atoms with Gasteiger partial charge in [0.05, 0.1) is 17.8 Å². The highest BCUT2D eigenvalue weighted by molar-refractivity contribution is 6.55. The average Bonchev–Trinajstić information content (AvgIpc) is 2.73. The molecule has 2 heterocycles. The summed E-state index contributed by atoms with van der Waals surface area (Å²) >= 11 is 6.11. The maximum Gasteiger partial charge on any atom is 0.273 e. The van der Waals surface area contributed by atoms with Gasteiger partial charge in [-0.1, -0.05) is 47.5 Å². The van der Waals surface area contributed by atoms with Crippen molar-refractivity contribution < 1.29 is 9.59 Å². The van der Waals surface area contributed by atoms with Crippen molar-refractivity contribution in [3.63, 3.8) is 0 Å². The van der Waals surface area contributed by atoms with E-state index < -0.39 is 5.91 Å². The van der Waals surface area contributed by atoms with Crippen molar-refractivity contribution in [2.24, 2.45) is 0 Å². The summed E-state index contributed by atoms with van der Waals surface area (Å²) in [6, 6.07) is 12.7. The third-order valence-electron chi connectivity index (χ3n) is 3.50. The van der Waals surface area contributed by atoms with E-state index in [4.69, 9.17) is 11.6 Å². The fraction of sp³-hybridized carbons (Fsp3) is 0.118. The number of aryl methyl sites for hydroxylation is 1. The molecule has 3 rings (SSSR count). The zero-order chi connectivity index (χ0) is 15.7. The van der Waals surface area contributed by atoms with Gasteiger partial charge in [0.25, 0.3) is 11.8 Å². The van der Waals surface area contributed by atoms with Gasteiger partial charge in [-0.25, -0.2) is 0 Å². The van der Waals surface area contributed by atoms with Crippen LogP contribution in [0.3, 0.4) is 0 Å². The van der Waals surface area contributed by atoms with Crippen LogP contribution in [-0.2, 0) is 16.1 Å². The molecule has 1 aliphatic heterocycles. The van der Waals surface area contributed by atoms with Gasteiger partial charge in [0.2, 0.25) is 0 Å². The van der Waals surface area contributed by atoms with Crippen LogP contribution in [0.15, 0.2) is 53.7 Å². The summed E-state index contributed by atoms with van der Waals surface area (Å²) in [5.41, 5.74) is 2.61. The zero-order valence-electron chi connectivity index (χ0n) is 11.9. The van der Waals surface area contributed by atoms with E-state index in [2.05, 4.69) is 4.98 Å². The largest absolute Gasteiger partial charge is 0.273 e. The van der Waals surface area contributed by atoms with Crippen LogP contribution in [0.4, 0.5) is 0 Å². The molecule has 0 saturated carbocycles. The van der Waals surface area contributed by atoms with Crippen LogP contribution in [0.25, 0.3) is 5.57 Å². The van der Waals surface area contributed by atoms with E-state index >= 15 is 0 Å². The highest BCUT2D eigenvalue weighted by Gasteiger charge is 2.38. The molecule has 22 heavy (non-hydrogen) atoms. The normalized spacial score (nSPS) is 14.9. The Morgan fingerprint density at radius 2 is 1.77 bits per heavy atom. The number of pyridine rings is 1. The molecule has 4 nitrogen and oxygen atoms in total. The Morgan fingerprint density at radius 3 is 2.41 bits per heavy atom. The van der Waals surface area contributed by atoms with Gasteiger partial charge in [-0.15, -0.1) is 0 Å². The summed E-state index contributed by atoms with van der Waals surface area (Å²) in [4.78, 5) is 30.1. The second-order valence-electron chi connectivity index (χ2n) is 5.07. The van der Waals surface area contributed by atoms with Gasteiger partial charge in [0.1, 0.15) is 5.03 Å². The Balaban J connectivity index is 1.92. The van der Waals surface area contributed by atoms with E-state index in [0.717, 1.165) is 10.5 Å². The van der Waals surface area contributed by atoms with Gasteiger partial charge >= 0.3 is 0 Å². The summed E-state index contributed by atoms with van der Waals surface area (Å²) in [5, 5.41) is -0.0372. The predicted octanol–water partition coefficient (Wildman–Crippen LogP) is 2.91. The van der Waals surface area contributed by atoms with Crippen LogP contribution in [0, 0.1) is 6.92 Å². The monoisotopic (exact) mass is 312 g/mol. The van der Waals surface area contributed by atoms with Gasteiger partial charge < -0.3 is 0 Å². The van der Waals surface area contributed by atoms with Crippen LogP contribution in [-0.4, -0.2) is 21.7 Å². The first-order chi connectivity index (χ1) is 10.6. The Hall–Kier alpha value is -2.46. The standard InChI is InChI=1S/C17H13ClN2O2/c1-11-5-7-12(8-6-11)14-15(18)17(22)20(16(14)21)10-13-4-2-3-9-19-13/h2-9H,10H2,1H3. The molecule has 2 aromatic rings. The quantitative estimate of drug-likeness (QED) is 0.819. The van der Waals surface area contributed by atoms with E-state index in [1.54, 1.807) is 30.5 Å². The molecule has 1 aliphatic rings. The van der Waals surface area contributed by atoms with Crippen molar-refractivity contribution in [1.82, 2.24) is 9.88 Å². The van der Waals surface area contributed by atoms with Gasteiger partial charge in [0, 0.05) is 6.20 Å². The van der Waals surface area contributed by atoms with Crippen molar-refractivity contribution in [3.8, 4) is 0 Å². The molecule has 0 saturated heterocycles. The van der Waals surface area contributed by atoms with Crippen LogP contribution in [0.5, 0.6) is 0 Å². The van der Waals surface area contributed by atoms with Crippen molar-refractivity contribution >= 4 is 29.0 Å². The molecule has 2 amide bonds. The average molecular weight is 313 g/mol. The van der Waals surface area contributed by atoms with E-state index in [1.165, 1.54) is 0 Å². The van der Waals surface area contributed by atoms with Crippen LogP contribution >= 0.6 is 11.6 Å². The summed E-state index contributed by atoms with van der Waals surface area (Å²) < 4.78 is 0. The van der Waals surface area contributed by atoms with Crippen molar-refractivity contribution in [1.29, 1.82) is 0 Å². The molecule has 0 aliphatic carbocycles. The number of nitrogens with zero attached hydrogens (tertiary/aromatic N) is 2. The first kappa shape index (κ1) is 14.5. The lowest BCUT2D eigenvalue weighted by Gasteiger charge is -2.14. The van der Waals surface area contributed by atoms with Gasteiger partial charge in [-0.05, 0) is 24.6 Å². The molecule has 0 atom stereocenters. The molecule has 0 fully saturated rings. The second kappa shape index (κ2) is 5.73. The van der Waals surface area contributed by atoms with Crippen LogP contribution < -0.4 is 0 Å². The SMILES string of the molecule is Cc1ccc(C2=C(Cl)C(=O)N(Cc3ccccn3)C2=O)cc1. The van der Waals surface area contributed by atoms with Crippen LogP contribution in [0.1, 0.15) is 16.8 Å². The molecule has 0 N–H and O–H groups in total. The smallest absolute Gasteiger partial charge is 0.268 e. The lowest BCUT2D eigenvalue weighted by atomic mass is 10.0. The second-order valence-corrected chi connectivity index (χ2v) is 5.45.